The van der Waals surface area contributed by atoms with E-state index in [0.717, 1.165) is 0 Å². The third-order valence-corrected chi connectivity index (χ3v) is 20.9. The monoisotopic (exact) mass is 832 g/mol. The van der Waals surface area contributed by atoms with Gasteiger partial charge in [0.2, 0.25) is 0 Å². The number of hydrogen-bond donors (Lipinski definition) is 0. The molecule has 0 spiro atoms. The Kier molecular flexibility index (Phi) is 21.3. The van der Waals surface area contributed by atoms with Crippen molar-refractivity contribution >= 4 is 102 Å². The first-order valence-corrected chi connectivity index (χ1v) is 22.3. The molecule has 0 atom stereocenters. The van der Waals surface area contributed by atoms with Gasteiger partial charge in [-0.2, -0.15) is 0 Å². The van der Waals surface area contributed by atoms with Crippen molar-refractivity contribution in [2.45, 2.75) is 23.5 Å². The van der Waals surface area contributed by atoms with E-state index in [-0.39, 0.29) is 162 Å². The fourth-order valence-electron chi connectivity index (χ4n) is 4.45. The van der Waals surface area contributed by atoms with Gasteiger partial charge < -0.3 is 35.6 Å². The smallest absolute Gasteiger partial charge is 0.814 e. The molecule has 0 radical (unpaired) electrons. The average molecular weight is 835 g/mol. The second-order valence-corrected chi connectivity index (χ2v) is 21.0. The number of alkyl halides is 4. The maximum Gasteiger partial charge on any atom is 1.00 e. The molecule has 232 valence electrons. The first-order chi connectivity index (χ1) is 21.0. The van der Waals surface area contributed by atoms with Crippen LogP contribution in [0.3, 0.4) is 0 Å². The van der Waals surface area contributed by atoms with Gasteiger partial charge in [0.15, 0.2) is 0 Å². The van der Waals surface area contributed by atoms with Crippen molar-refractivity contribution in [1.82, 2.24) is 0 Å². The second-order valence-electron chi connectivity index (χ2n) is 9.96. The maximum atomic E-state index is 14.8. The molecule has 48 heavy (non-hydrogen) atoms. The van der Waals surface area contributed by atoms with Crippen molar-refractivity contribution < 1.29 is 154 Å². The standard InChI is InChI=1S/C28H24Cl4O8Si4.4Na/c29-17-21-1-9-25(10-2-21)41(33)37-42(34,26-11-3-22(18-30)4-12-26)39-44(36,28-15-7-24(20-32)8-16-28)40-43(35,38-41)27-13-5-23(19-31)6-14-27;;;;/h1-16H,17-20H2;;;;/q-4;4*+1. The summed E-state index contributed by atoms with van der Waals surface area (Å²) < 4.78 is 23.7. The van der Waals surface area contributed by atoms with E-state index in [1.54, 1.807) is 48.5 Å². The minimum Gasteiger partial charge on any atom is -0.814 e. The van der Waals surface area contributed by atoms with E-state index in [4.69, 9.17) is 62.9 Å². The molecule has 0 unspecified atom stereocenters. The molecule has 0 aliphatic carbocycles. The summed E-state index contributed by atoms with van der Waals surface area (Å²) in [6, 6.07) is 23.8. The molecule has 0 amide bonds. The predicted octanol–water partition coefficient (Wildman–Crippen LogP) is -12.1. The first-order valence-electron chi connectivity index (χ1n) is 13.2. The van der Waals surface area contributed by atoms with Crippen molar-refractivity contribution in [2.75, 3.05) is 0 Å². The number of rotatable bonds is 8. The van der Waals surface area contributed by atoms with Crippen LogP contribution in [0.4, 0.5) is 0 Å². The van der Waals surface area contributed by atoms with E-state index in [1.165, 1.54) is 48.5 Å². The predicted molar refractivity (Wildman–Crippen MR) is 170 cm³/mol. The number of benzene rings is 4. The minimum atomic E-state index is -5.22. The zero-order valence-corrected chi connectivity index (χ0v) is 41.9. The molecule has 4 aromatic carbocycles. The molecule has 1 saturated heterocycles. The largest absolute Gasteiger partial charge is 1.00 e. The van der Waals surface area contributed by atoms with Crippen LogP contribution in [0.5, 0.6) is 0 Å². The van der Waals surface area contributed by atoms with Crippen LogP contribution in [0.2, 0.25) is 0 Å². The van der Waals surface area contributed by atoms with Crippen molar-refractivity contribution in [3.8, 4) is 0 Å². The van der Waals surface area contributed by atoms with Gasteiger partial charge in [0, 0.05) is 23.5 Å². The van der Waals surface area contributed by atoms with Gasteiger partial charge in [0.25, 0.3) is 35.2 Å². The van der Waals surface area contributed by atoms with Crippen LogP contribution in [0.1, 0.15) is 22.3 Å². The molecule has 20 heteroatoms. The van der Waals surface area contributed by atoms with Gasteiger partial charge in [-0.25, -0.2) is 0 Å². The van der Waals surface area contributed by atoms with Crippen LogP contribution in [0, 0.1) is 0 Å². The summed E-state index contributed by atoms with van der Waals surface area (Å²) >= 11 is 23.8. The molecule has 5 rings (SSSR count). The van der Waals surface area contributed by atoms with E-state index >= 15 is 0 Å². The van der Waals surface area contributed by atoms with Crippen molar-refractivity contribution in [3.63, 3.8) is 0 Å². The van der Waals surface area contributed by atoms with Crippen molar-refractivity contribution in [2.24, 2.45) is 0 Å². The fraction of sp³-hybridized carbons (Fsp3) is 0.143. The zero-order chi connectivity index (χ0) is 31.6. The van der Waals surface area contributed by atoms with Crippen molar-refractivity contribution in [1.29, 1.82) is 0 Å². The summed E-state index contributed by atoms with van der Waals surface area (Å²) in [4.78, 5) is 59.1. The molecule has 0 bridgehead atoms. The van der Waals surface area contributed by atoms with Gasteiger partial charge in [-0.15, -0.1) is 46.4 Å². The Morgan fingerprint density at radius 3 is 0.604 bits per heavy atom. The van der Waals surface area contributed by atoms with Gasteiger partial charge in [0.1, 0.15) is 0 Å². The Morgan fingerprint density at radius 1 is 0.333 bits per heavy atom. The Hall–Kier alpha value is 2.59. The third-order valence-electron chi connectivity index (χ3n) is 6.92. The normalized spacial score (nSPS) is 25.2. The number of halogens is 4. The fourth-order valence-corrected chi connectivity index (χ4v) is 19.1. The Labute approximate surface area is 393 Å². The first kappa shape index (κ1) is 48.6. The van der Waals surface area contributed by atoms with Crippen molar-refractivity contribution in [3.05, 3.63) is 119 Å². The molecular formula is C28H24Cl4Na4O8Si4. The van der Waals surface area contributed by atoms with Crippen LogP contribution in [0.15, 0.2) is 97.1 Å². The average Bonchev–Trinajstić information content (AvgIpc) is 3.04. The maximum absolute atomic E-state index is 14.8. The molecule has 1 aliphatic heterocycles. The molecule has 4 aromatic rings. The van der Waals surface area contributed by atoms with Crippen LogP contribution >= 0.6 is 46.4 Å². The van der Waals surface area contributed by atoms with E-state index in [0.29, 0.717) is 22.3 Å². The Morgan fingerprint density at radius 2 is 0.479 bits per heavy atom. The van der Waals surface area contributed by atoms with Crippen LogP contribution in [-0.2, 0) is 40.0 Å². The molecular weight excluding hydrogens is 810 g/mol. The van der Waals surface area contributed by atoms with Gasteiger partial charge >= 0.3 is 118 Å². The molecule has 1 aliphatic rings. The molecule has 8 nitrogen and oxygen atoms in total. The van der Waals surface area contributed by atoms with Gasteiger partial charge in [-0.05, 0) is 43.0 Å². The summed E-state index contributed by atoms with van der Waals surface area (Å²) in [6.07, 6.45) is 0. The SMILES string of the molecule is [Na+].[Na+].[Na+].[Na+].[O-][Si]1(c2ccc(CCl)cc2)O[Si]([O-])(c2ccc(CCl)cc2)O[Si]([O-])(c2ccc(CCl)cc2)O[Si]([O-])(c2ccc(CCl)cc2)O1. The molecule has 0 saturated carbocycles. The molecule has 0 aromatic heterocycles. The van der Waals surface area contributed by atoms with E-state index < -0.39 is 35.2 Å². The zero-order valence-electron chi connectivity index (χ0n) is 26.8. The summed E-state index contributed by atoms with van der Waals surface area (Å²) in [5, 5.41) is -0.277. The van der Waals surface area contributed by atoms with E-state index in [1.807, 2.05) is 0 Å². The summed E-state index contributed by atoms with van der Waals surface area (Å²) in [6.45, 7) is 0. The van der Waals surface area contributed by atoms with E-state index in [2.05, 4.69) is 0 Å². The molecule has 1 heterocycles. The molecule has 1 fully saturated rings. The van der Waals surface area contributed by atoms with Crippen LogP contribution in [0.25, 0.3) is 0 Å². The Bertz CT molecular complexity index is 1340. The van der Waals surface area contributed by atoms with Gasteiger partial charge in [-0.3, -0.25) is 0 Å². The minimum absolute atomic E-state index is 0. The Balaban J connectivity index is 0.00000288. The third kappa shape index (κ3) is 11.3. The number of hydrogen-bond acceptors (Lipinski definition) is 8. The topological polar surface area (TPSA) is 129 Å². The second kappa shape index (κ2) is 21.0. The summed E-state index contributed by atoms with van der Waals surface area (Å²) in [7, 11) is -20.9. The van der Waals surface area contributed by atoms with E-state index in [9.17, 15) is 19.2 Å². The van der Waals surface area contributed by atoms with Gasteiger partial charge in [-0.1, -0.05) is 97.1 Å². The van der Waals surface area contributed by atoms with Crippen LogP contribution < -0.4 is 158 Å². The van der Waals surface area contributed by atoms with Crippen LogP contribution in [-0.4, -0.2) is 35.2 Å². The summed E-state index contributed by atoms with van der Waals surface area (Å²) in [5.74, 6) is 0.646. The summed E-state index contributed by atoms with van der Waals surface area (Å²) in [5.41, 5.74) is 2.73. The molecule has 0 N–H and O–H groups in total. The quantitative estimate of drug-likeness (QED) is 0.127. The van der Waals surface area contributed by atoms with Gasteiger partial charge in [0.05, 0.1) is 0 Å².